The normalized spacial score (nSPS) is 11.1. The van der Waals surface area contributed by atoms with E-state index in [1.807, 2.05) is 35.7 Å². The predicted molar refractivity (Wildman–Crippen MR) is 105 cm³/mol. The summed E-state index contributed by atoms with van der Waals surface area (Å²) in [5.41, 5.74) is 4.00. The van der Waals surface area contributed by atoms with E-state index in [0.29, 0.717) is 6.61 Å². The molecule has 0 N–H and O–H groups in total. The molecule has 3 aromatic heterocycles. The average molecular weight is 370 g/mol. The summed E-state index contributed by atoms with van der Waals surface area (Å²) in [6.07, 6.45) is 0.968. The van der Waals surface area contributed by atoms with Gasteiger partial charge in [0.25, 0.3) is 0 Å². The summed E-state index contributed by atoms with van der Waals surface area (Å²) >= 11 is 3.36. The molecule has 4 aromatic rings. The van der Waals surface area contributed by atoms with Crippen LogP contribution in [0.25, 0.3) is 21.5 Å². The second-order valence-electron chi connectivity index (χ2n) is 5.78. The first kappa shape index (κ1) is 16.2. The molecule has 0 radical (unpaired) electrons. The Bertz CT molecular complexity index is 943. The molecule has 6 heteroatoms. The second kappa shape index (κ2) is 7.29. The van der Waals surface area contributed by atoms with E-state index in [9.17, 15) is 0 Å². The van der Waals surface area contributed by atoms with Crippen molar-refractivity contribution in [2.24, 2.45) is 0 Å². The van der Waals surface area contributed by atoms with Crippen LogP contribution in [0.15, 0.2) is 57.1 Å². The van der Waals surface area contributed by atoms with Crippen LogP contribution in [0, 0.1) is 0 Å². The van der Waals surface area contributed by atoms with Gasteiger partial charge in [0.1, 0.15) is 16.1 Å². The minimum Gasteiger partial charge on any atom is -0.494 e. The van der Waals surface area contributed by atoms with Crippen LogP contribution in [0.1, 0.15) is 6.42 Å². The highest BCUT2D eigenvalue weighted by atomic mass is 32.1. The summed E-state index contributed by atoms with van der Waals surface area (Å²) in [6, 6.07) is 12.1. The van der Waals surface area contributed by atoms with Crippen molar-refractivity contribution in [3.8, 4) is 17.0 Å². The number of rotatable bonds is 7. The lowest BCUT2D eigenvalue weighted by molar-refractivity contribution is 0.312. The van der Waals surface area contributed by atoms with Crippen LogP contribution in [0.4, 0.5) is 5.69 Å². The molecular formula is C19H18N2O2S2. The van der Waals surface area contributed by atoms with Gasteiger partial charge in [0.05, 0.1) is 6.61 Å². The van der Waals surface area contributed by atoms with E-state index in [1.165, 1.54) is 5.69 Å². The Morgan fingerprint density at radius 3 is 3.04 bits per heavy atom. The van der Waals surface area contributed by atoms with Gasteiger partial charge in [-0.2, -0.15) is 11.3 Å². The first-order valence-corrected chi connectivity index (χ1v) is 9.93. The number of benzene rings is 1. The summed E-state index contributed by atoms with van der Waals surface area (Å²) in [7, 11) is 2.11. The maximum atomic E-state index is 5.93. The quantitative estimate of drug-likeness (QED) is 0.401. The molecule has 1 aromatic carbocycles. The second-order valence-corrected chi connectivity index (χ2v) is 7.47. The highest BCUT2D eigenvalue weighted by Crippen LogP contribution is 2.33. The molecule has 0 aliphatic rings. The van der Waals surface area contributed by atoms with E-state index in [0.717, 1.165) is 40.3 Å². The first-order valence-electron chi connectivity index (χ1n) is 8.11. The molecule has 0 bridgehead atoms. The fraction of sp³-hybridized carbons (Fsp3) is 0.211. The molecule has 3 heterocycles. The summed E-state index contributed by atoms with van der Waals surface area (Å²) in [6.45, 7) is 1.65. The zero-order chi connectivity index (χ0) is 17.1. The Hall–Kier alpha value is -2.31. The third-order valence-electron chi connectivity index (χ3n) is 4.04. The zero-order valence-electron chi connectivity index (χ0n) is 13.8. The number of anilines is 1. The summed E-state index contributed by atoms with van der Waals surface area (Å²) in [5.74, 6) is 0.864. The molecule has 0 saturated heterocycles. The standard InChI is InChI=1S/C19H18N2O2S2/c1-21(15-6-10-24-13-15)8-3-9-22-16-5-2-4-14(12-16)18-19-17(23-20-18)7-11-25-19/h2,4-7,10-13H,3,8-9H2,1H3. The van der Waals surface area contributed by atoms with E-state index in [1.54, 1.807) is 22.7 Å². The Morgan fingerprint density at radius 1 is 1.20 bits per heavy atom. The third-order valence-corrected chi connectivity index (χ3v) is 5.61. The van der Waals surface area contributed by atoms with Crippen LogP contribution in [0.5, 0.6) is 5.75 Å². The topological polar surface area (TPSA) is 38.5 Å². The minimum atomic E-state index is 0.686. The molecule has 128 valence electrons. The summed E-state index contributed by atoms with van der Waals surface area (Å²) in [5, 5.41) is 10.5. The van der Waals surface area contributed by atoms with Crippen molar-refractivity contribution in [2.45, 2.75) is 6.42 Å². The molecule has 0 saturated carbocycles. The lowest BCUT2D eigenvalue weighted by Crippen LogP contribution is -2.19. The first-order chi connectivity index (χ1) is 12.3. The maximum Gasteiger partial charge on any atom is 0.178 e. The molecule has 0 spiro atoms. The number of thiophene rings is 2. The molecule has 0 amide bonds. The predicted octanol–water partition coefficient (Wildman–Crippen LogP) is 5.52. The van der Waals surface area contributed by atoms with Crippen molar-refractivity contribution in [1.29, 1.82) is 0 Å². The van der Waals surface area contributed by atoms with E-state index in [4.69, 9.17) is 9.26 Å². The van der Waals surface area contributed by atoms with Crippen LogP contribution >= 0.6 is 22.7 Å². The monoisotopic (exact) mass is 370 g/mol. The van der Waals surface area contributed by atoms with Gasteiger partial charge < -0.3 is 14.2 Å². The SMILES string of the molecule is CN(CCCOc1cccc(-c2noc3ccsc23)c1)c1ccsc1. The van der Waals surface area contributed by atoms with Crippen LogP contribution in [0.2, 0.25) is 0 Å². The van der Waals surface area contributed by atoms with Crippen molar-refractivity contribution < 1.29 is 9.26 Å². The van der Waals surface area contributed by atoms with Gasteiger partial charge in [-0.15, -0.1) is 11.3 Å². The van der Waals surface area contributed by atoms with Gasteiger partial charge in [-0.25, -0.2) is 0 Å². The fourth-order valence-electron chi connectivity index (χ4n) is 2.69. The fourth-order valence-corrected chi connectivity index (χ4v) is 4.20. The number of ether oxygens (including phenoxy) is 1. The number of aromatic nitrogens is 1. The van der Waals surface area contributed by atoms with Gasteiger partial charge in [-0.05, 0) is 41.4 Å². The highest BCUT2D eigenvalue weighted by Gasteiger charge is 2.12. The van der Waals surface area contributed by atoms with Gasteiger partial charge in [0.2, 0.25) is 0 Å². The van der Waals surface area contributed by atoms with Gasteiger partial charge in [-0.1, -0.05) is 17.3 Å². The molecule has 0 unspecified atom stereocenters. The van der Waals surface area contributed by atoms with Gasteiger partial charge >= 0.3 is 0 Å². The number of hydrogen-bond acceptors (Lipinski definition) is 6. The zero-order valence-corrected chi connectivity index (χ0v) is 15.5. The van der Waals surface area contributed by atoms with Crippen LogP contribution in [-0.2, 0) is 0 Å². The van der Waals surface area contributed by atoms with E-state index >= 15 is 0 Å². The molecule has 0 aliphatic carbocycles. The van der Waals surface area contributed by atoms with Crippen molar-refractivity contribution in [3.05, 3.63) is 52.5 Å². The maximum absolute atomic E-state index is 5.93. The molecule has 0 atom stereocenters. The summed E-state index contributed by atoms with van der Waals surface area (Å²) < 4.78 is 12.4. The van der Waals surface area contributed by atoms with E-state index in [-0.39, 0.29) is 0 Å². The Kier molecular flexibility index (Phi) is 4.72. The third kappa shape index (κ3) is 3.55. The van der Waals surface area contributed by atoms with Crippen molar-refractivity contribution >= 4 is 38.6 Å². The Morgan fingerprint density at radius 2 is 2.16 bits per heavy atom. The van der Waals surface area contributed by atoms with Crippen LogP contribution in [0.3, 0.4) is 0 Å². The van der Waals surface area contributed by atoms with Crippen molar-refractivity contribution in [2.75, 3.05) is 25.1 Å². The number of fused-ring (bicyclic) bond motifs is 1. The van der Waals surface area contributed by atoms with Crippen molar-refractivity contribution in [1.82, 2.24) is 5.16 Å². The van der Waals surface area contributed by atoms with Gasteiger partial charge in [0.15, 0.2) is 5.58 Å². The Labute approximate surface area is 154 Å². The molecular weight excluding hydrogens is 352 g/mol. The lowest BCUT2D eigenvalue weighted by Gasteiger charge is -2.17. The molecule has 25 heavy (non-hydrogen) atoms. The largest absolute Gasteiger partial charge is 0.494 e. The molecule has 4 nitrogen and oxygen atoms in total. The average Bonchev–Trinajstić information content (AvgIpc) is 3.36. The summed E-state index contributed by atoms with van der Waals surface area (Å²) in [4.78, 5) is 2.25. The van der Waals surface area contributed by atoms with Crippen LogP contribution < -0.4 is 9.64 Å². The number of hydrogen-bond donors (Lipinski definition) is 0. The molecule has 0 fully saturated rings. The highest BCUT2D eigenvalue weighted by molar-refractivity contribution is 7.17. The lowest BCUT2D eigenvalue weighted by atomic mass is 10.1. The van der Waals surface area contributed by atoms with E-state index < -0.39 is 0 Å². The van der Waals surface area contributed by atoms with E-state index in [2.05, 4.69) is 33.9 Å². The number of nitrogens with zero attached hydrogens (tertiary/aromatic N) is 2. The van der Waals surface area contributed by atoms with Crippen molar-refractivity contribution in [3.63, 3.8) is 0 Å². The molecule has 0 aliphatic heterocycles. The molecule has 4 rings (SSSR count). The van der Waals surface area contributed by atoms with Gasteiger partial charge in [0, 0.05) is 30.2 Å². The van der Waals surface area contributed by atoms with Crippen LogP contribution in [-0.4, -0.2) is 25.4 Å². The smallest absolute Gasteiger partial charge is 0.178 e. The Balaban J connectivity index is 1.36. The van der Waals surface area contributed by atoms with Gasteiger partial charge in [-0.3, -0.25) is 0 Å². The minimum absolute atomic E-state index is 0.686.